The summed E-state index contributed by atoms with van der Waals surface area (Å²) in [6.07, 6.45) is 1.78. The van der Waals surface area contributed by atoms with Gasteiger partial charge in [0.1, 0.15) is 17.6 Å². The molecule has 0 radical (unpaired) electrons. The van der Waals surface area contributed by atoms with E-state index in [-0.39, 0.29) is 12.0 Å². The number of amides is 1. The number of hydrogen-bond donors (Lipinski definition) is 0. The molecule has 5 heteroatoms. The van der Waals surface area contributed by atoms with Crippen molar-refractivity contribution in [2.45, 2.75) is 18.9 Å². The van der Waals surface area contributed by atoms with Gasteiger partial charge in [-0.2, -0.15) is 0 Å². The van der Waals surface area contributed by atoms with Gasteiger partial charge in [0.05, 0.1) is 7.11 Å². The summed E-state index contributed by atoms with van der Waals surface area (Å²) >= 11 is 5.87. The lowest BCUT2D eigenvalue weighted by molar-refractivity contribution is 0.0595. The first-order chi connectivity index (χ1) is 11.7. The van der Waals surface area contributed by atoms with Crippen molar-refractivity contribution in [1.82, 2.24) is 4.90 Å². The number of nitrogens with zero attached hydrogens (tertiary/aromatic N) is 1. The molecule has 1 aliphatic heterocycles. The number of carbonyl (C=O) groups is 1. The summed E-state index contributed by atoms with van der Waals surface area (Å²) in [5.41, 5.74) is 0.675. The second-order valence-electron chi connectivity index (χ2n) is 5.79. The minimum Gasteiger partial charge on any atom is -0.497 e. The molecule has 0 saturated carbocycles. The summed E-state index contributed by atoms with van der Waals surface area (Å²) in [6.45, 7) is 1.39. The fourth-order valence-corrected chi connectivity index (χ4v) is 2.92. The fourth-order valence-electron chi connectivity index (χ4n) is 2.80. The van der Waals surface area contributed by atoms with Crippen LogP contribution in [0.3, 0.4) is 0 Å². The summed E-state index contributed by atoms with van der Waals surface area (Å²) in [4.78, 5) is 14.3. The van der Waals surface area contributed by atoms with Crippen LogP contribution in [0.2, 0.25) is 5.02 Å². The molecule has 3 rings (SSSR count). The van der Waals surface area contributed by atoms with E-state index in [1.807, 2.05) is 29.2 Å². The van der Waals surface area contributed by atoms with Crippen LogP contribution < -0.4 is 9.47 Å². The Bertz CT molecular complexity index is 677. The van der Waals surface area contributed by atoms with E-state index in [9.17, 15) is 4.79 Å². The first kappa shape index (κ1) is 16.7. The van der Waals surface area contributed by atoms with Crippen molar-refractivity contribution in [1.29, 1.82) is 0 Å². The third kappa shape index (κ3) is 4.01. The SMILES string of the molecule is COc1ccc(OC2CCN(C(=O)c3ccc(Cl)cc3)CC2)cc1. The lowest BCUT2D eigenvalue weighted by atomic mass is 10.1. The fraction of sp³-hybridized carbons (Fsp3) is 0.316. The maximum absolute atomic E-state index is 12.5. The largest absolute Gasteiger partial charge is 0.497 e. The van der Waals surface area contributed by atoms with Crippen LogP contribution in [0.25, 0.3) is 0 Å². The van der Waals surface area contributed by atoms with Crippen LogP contribution in [0.5, 0.6) is 11.5 Å². The quantitative estimate of drug-likeness (QED) is 0.839. The zero-order chi connectivity index (χ0) is 16.9. The van der Waals surface area contributed by atoms with Gasteiger partial charge >= 0.3 is 0 Å². The van der Waals surface area contributed by atoms with E-state index in [4.69, 9.17) is 21.1 Å². The zero-order valence-electron chi connectivity index (χ0n) is 13.6. The van der Waals surface area contributed by atoms with Crippen LogP contribution >= 0.6 is 11.6 Å². The summed E-state index contributed by atoms with van der Waals surface area (Å²) < 4.78 is 11.1. The van der Waals surface area contributed by atoms with Gasteiger partial charge in [0.15, 0.2) is 0 Å². The maximum Gasteiger partial charge on any atom is 0.253 e. The summed E-state index contributed by atoms with van der Waals surface area (Å²) in [6, 6.07) is 14.6. The van der Waals surface area contributed by atoms with E-state index >= 15 is 0 Å². The second kappa shape index (κ2) is 7.58. The molecule has 1 heterocycles. The number of rotatable bonds is 4. The molecule has 0 N–H and O–H groups in total. The summed E-state index contributed by atoms with van der Waals surface area (Å²) in [5, 5.41) is 0.637. The molecule has 0 spiro atoms. The highest BCUT2D eigenvalue weighted by Crippen LogP contribution is 2.22. The highest BCUT2D eigenvalue weighted by molar-refractivity contribution is 6.30. The molecule has 0 aromatic heterocycles. The first-order valence-electron chi connectivity index (χ1n) is 8.01. The zero-order valence-corrected chi connectivity index (χ0v) is 14.3. The Morgan fingerprint density at radius 1 is 1.00 bits per heavy atom. The molecule has 0 atom stereocenters. The van der Waals surface area contributed by atoms with Crippen molar-refractivity contribution in [2.24, 2.45) is 0 Å². The Morgan fingerprint density at radius 3 is 2.17 bits per heavy atom. The highest BCUT2D eigenvalue weighted by Gasteiger charge is 2.24. The van der Waals surface area contributed by atoms with Gasteiger partial charge in [-0.3, -0.25) is 4.79 Å². The van der Waals surface area contributed by atoms with Crippen molar-refractivity contribution in [2.75, 3.05) is 20.2 Å². The molecule has 1 amide bonds. The van der Waals surface area contributed by atoms with E-state index in [0.29, 0.717) is 23.7 Å². The minimum absolute atomic E-state index is 0.0505. The van der Waals surface area contributed by atoms with Crippen molar-refractivity contribution >= 4 is 17.5 Å². The normalized spacial score (nSPS) is 15.2. The molecule has 0 aliphatic carbocycles. The Hall–Kier alpha value is -2.20. The Labute approximate surface area is 146 Å². The van der Waals surface area contributed by atoms with Crippen molar-refractivity contribution in [3.8, 4) is 11.5 Å². The Kier molecular flexibility index (Phi) is 5.26. The molecule has 1 fully saturated rings. The average Bonchev–Trinajstić information content (AvgIpc) is 2.63. The van der Waals surface area contributed by atoms with E-state index < -0.39 is 0 Å². The highest BCUT2D eigenvalue weighted by atomic mass is 35.5. The molecule has 2 aromatic rings. The molecule has 4 nitrogen and oxygen atoms in total. The van der Waals surface area contributed by atoms with E-state index in [1.165, 1.54) is 0 Å². The van der Waals surface area contributed by atoms with E-state index in [1.54, 1.807) is 31.4 Å². The van der Waals surface area contributed by atoms with Gasteiger partial charge in [-0.15, -0.1) is 0 Å². The number of hydrogen-bond acceptors (Lipinski definition) is 3. The Morgan fingerprint density at radius 2 is 1.58 bits per heavy atom. The van der Waals surface area contributed by atoms with Gasteiger partial charge in [-0.1, -0.05) is 11.6 Å². The van der Waals surface area contributed by atoms with Gasteiger partial charge in [0.25, 0.3) is 5.91 Å². The number of methoxy groups -OCH3 is 1. The topological polar surface area (TPSA) is 38.8 Å². The second-order valence-corrected chi connectivity index (χ2v) is 6.23. The number of likely N-dealkylation sites (tertiary alicyclic amines) is 1. The van der Waals surface area contributed by atoms with Crippen molar-refractivity contribution in [3.05, 3.63) is 59.1 Å². The van der Waals surface area contributed by atoms with Crippen LogP contribution in [-0.2, 0) is 0 Å². The van der Waals surface area contributed by atoms with E-state index in [2.05, 4.69) is 0 Å². The van der Waals surface area contributed by atoms with Crippen LogP contribution in [0.1, 0.15) is 23.2 Å². The smallest absolute Gasteiger partial charge is 0.253 e. The van der Waals surface area contributed by atoms with Crippen LogP contribution in [0, 0.1) is 0 Å². The molecular formula is C19H20ClNO3. The lowest BCUT2D eigenvalue weighted by Crippen LogP contribution is -2.41. The molecule has 2 aromatic carbocycles. The average molecular weight is 346 g/mol. The first-order valence-corrected chi connectivity index (χ1v) is 8.39. The van der Waals surface area contributed by atoms with E-state index in [0.717, 1.165) is 24.3 Å². The van der Waals surface area contributed by atoms with Crippen molar-refractivity contribution in [3.63, 3.8) is 0 Å². The van der Waals surface area contributed by atoms with Crippen LogP contribution in [0.15, 0.2) is 48.5 Å². The number of carbonyl (C=O) groups excluding carboxylic acids is 1. The summed E-state index contributed by atoms with van der Waals surface area (Å²) in [5.74, 6) is 1.69. The molecule has 1 aliphatic rings. The van der Waals surface area contributed by atoms with Crippen LogP contribution in [0.4, 0.5) is 0 Å². The Balaban J connectivity index is 1.53. The van der Waals surface area contributed by atoms with Gasteiger partial charge in [-0.05, 0) is 48.5 Å². The summed E-state index contributed by atoms with van der Waals surface area (Å²) in [7, 11) is 1.64. The van der Waals surface area contributed by atoms with Crippen molar-refractivity contribution < 1.29 is 14.3 Å². The van der Waals surface area contributed by atoms with Gasteiger partial charge in [0, 0.05) is 36.5 Å². The minimum atomic E-state index is 0.0505. The molecular weight excluding hydrogens is 326 g/mol. The lowest BCUT2D eigenvalue weighted by Gasteiger charge is -2.32. The van der Waals surface area contributed by atoms with Gasteiger partial charge < -0.3 is 14.4 Å². The molecule has 1 saturated heterocycles. The van der Waals surface area contributed by atoms with Crippen LogP contribution in [-0.4, -0.2) is 37.1 Å². The third-order valence-corrected chi connectivity index (χ3v) is 4.43. The monoisotopic (exact) mass is 345 g/mol. The molecule has 0 bridgehead atoms. The predicted molar refractivity (Wildman–Crippen MR) is 94.0 cm³/mol. The molecule has 126 valence electrons. The number of ether oxygens (including phenoxy) is 2. The molecule has 0 unspecified atom stereocenters. The number of benzene rings is 2. The van der Waals surface area contributed by atoms with Gasteiger partial charge in [-0.25, -0.2) is 0 Å². The molecule has 24 heavy (non-hydrogen) atoms. The number of piperidine rings is 1. The standard InChI is InChI=1S/C19H20ClNO3/c1-23-16-6-8-17(9-7-16)24-18-10-12-21(13-11-18)19(22)14-2-4-15(20)5-3-14/h2-9,18H,10-13H2,1H3. The predicted octanol–water partition coefficient (Wildman–Crippen LogP) is 4.03. The third-order valence-electron chi connectivity index (χ3n) is 4.18. The number of halogens is 1. The maximum atomic E-state index is 12.5. The van der Waals surface area contributed by atoms with Gasteiger partial charge in [0.2, 0.25) is 0 Å².